The van der Waals surface area contributed by atoms with Gasteiger partial charge in [0.1, 0.15) is 6.61 Å². The molecular weight excluding hydrogens is 386 g/mol. The number of carbonyl (C=O) groups is 2. The largest absolute Gasteiger partial charge is 0.475 e. The summed E-state index contributed by atoms with van der Waals surface area (Å²) in [5.74, 6) is 1.03. The maximum Gasteiger partial charge on any atom is 0.357 e. The zero-order valence-corrected chi connectivity index (χ0v) is 16.6. The monoisotopic (exact) mass is 407 g/mol. The summed E-state index contributed by atoms with van der Waals surface area (Å²) in [5.41, 5.74) is 0.336. The van der Waals surface area contributed by atoms with Gasteiger partial charge in [0.2, 0.25) is 11.8 Å². The van der Waals surface area contributed by atoms with E-state index in [1.807, 2.05) is 17.0 Å². The maximum atomic E-state index is 12.2. The Morgan fingerprint density at radius 1 is 1.44 bits per heavy atom. The summed E-state index contributed by atoms with van der Waals surface area (Å²) < 4.78 is 11.5. The normalized spacial score (nSPS) is 16.6. The van der Waals surface area contributed by atoms with Crippen molar-refractivity contribution in [1.82, 2.24) is 14.9 Å². The van der Waals surface area contributed by atoms with Crippen LogP contribution < -0.4 is 4.74 Å². The number of pyridine rings is 1. The lowest BCUT2D eigenvalue weighted by atomic mass is 10.2. The minimum Gasteiger partial charge on any atom is -0.475 e. The molecule has 0 saturated carbocycles. The second kappa shape index (κ2) is 9.70. The van der Waals surface area contributed by atoms with Crippen molar-refractivity contribution in [1.29, 1.82) is 0 Å². The van der Waals surface area contributed by atoms with Crippen molar-refractivity contribution in [3.63, 3.8) is 0 Å². The number of thioether (sulfide) groups is 1. The van der Waals surface area contributed by atoms with Crippen molar-refractivity contribution >= 4 is 35.0 Å². The van der Waals surface area contributed by atoms with Gasteiger partial charge in [-0.15, -0.1) is 11.3 Å². The van der Waals surface area contributed by atoms with E-state index in [1.165, 1.54) is 23.1 Å². The molecule has 2 aromatic rings. The lowest BCUT2D eigenvalue weighted by Crippen LogP contribution is -2.38. The highest BCUT2D eigenvalue weighted by molar-refractivity contribution is 8.01. The Labute approximate surface area is 166 Å². The zero-order chi connectivity index (χ0) is 19.1. The summed E-state index contributed by atoms with van der Waals surface area (Å²) >= 11 is 2.94. The molecule has 0 aromatic carbocycles. The first-order valence-corrected chi connectivity index (χ1v) is 10.6. The molecule has 1 atom stereocenters. The van der Waals surface area contributed by atoms with Gasteiger partial charge in [-0.25, -0.2) is 14.8 Å². The fraction of sp³-hybridized carbons (Fsp3) is 0.444. The van der Waals surface area contributed by atoms with E-state index in [2.05, 4.69) is 9.97 Å². The molecule has 1 fully saturated rings. The Kier molecular flexibility index (Phi) is 7.05. The van der Waals surface area contributed by atoms with Crippen molar-refractivity contribution in [3.05, 3.63) is 35.5 Å². The van der Waals surface area contributed by atoms with Gasteiger partial charge in [0.05, 0.1) is 12.6 Å². The van der Waals surface area contributed by atoms with Crippen LogP contribution in [0.5, 0.6) is 5.88 Å². The van der Waals surface area contributed by atoms with E-state index in [1.54, 1.807) is 24.6 Å². The number of amides is 1. The van der Waals surface area contributed by atoms with Crippen LogP contribution in [0.3, 0.4) is 0 Å². The van der Waals surface area contributed by atoms with Crippen LogP contribution in [0.2, 0.25) is 0 Å². The van der Waals surface area contributed by atoms with E-state index < -0.39 is 5.97 Å². The number of rotatable bonds is 9. The fourth-order valence-corrected chi connectivity index (χ4v) is 4.55. The molecular formula is C18H21N3O4S2. The Morgan fingerprint density at radius 2 is 2.33 bits per heavy atom. The number of thiazole rings is 1. The molecule has 1 aliphatic heterocycles. The van der Waals surface area contributed by atoms with Gasteiger partial charge in [-0.3, -0.25) is 4.79 Å². The van der Waals surface area contributed by atoms with E-state index in [0.29, 0.717) is 43.5 Å². The molecule has 1 amide bonds. The fourth-order valence-electron chi connectivity index (χ4n) is 2.74. The highest BCUT2D eigenvalue weighted by Crippen LogP contribution is 2.25. The van der Waals surface area contributed by atoms with Crippen LogP contribution in [0.15, 0.2) is 34.1 Å². The summed E-state index contributed by atoms with van der Waals surface area (Å²) in [6.45, 7) is 3.16. The van der Waals surface area contributed by atoms with E-state index in [4.69, 9.17) is 9.47 Å². The summed E-state index contributed by atoms with van der Waals surface area (Å²) in [7, 11) is 0. The quantitative estimate of drug-likeness (QED) is 0.467. The maximum absolute atomic E-state index is 12.2. The van der Waals surface area contributed by atoms with Crippen molar-refractivity contribution < 1.29 is 19.1 Å². The molecule has 9 heteroatoms. The van der Waals surface area contributed by atoms with Crippen LogP contribution in [0.25, 0.3) is 0 Å². The van der Waals surface area contributed by atoms with Gasteiger partial charge in [-0.2, -0.15) is 0 Å². The van der Waals surface area contributed by atoms with E-state index in [-0.39, 0.29) is 11.9 Å². The summed E-state index contributed by atoms with van der Waals surface area (Å²) in [6, 6.07) is 5.57. The molecule has 3 heterocycles. The molecule has 2 aromatic heterocycles. The standard InChI is InChI=1S/C18H21N3O4S2/c1-2-24-17(23)14-12-27-18(20-14)26-10-9-21-13(6-7-16(21)22)11-25-15-5-3-4-8-19-15/h3-5,8,12-13H,2,6-7,9-11H2,1H3/t13-/m1/s1. The zero-order valence-electron chi connectivity index (χ0n) is 15.0. The molecule has 3 rings (SSSR count). The first kappa shape index (κ1) is 19.6. The first-order valence-electron chi connectivity index (χ1n) is 8.76. The van der Waals surface area contributed by atoms with Gasteiger partial charge in [-0.05, 0) is 19.4 Å². The Balaban J connectivity index is 1.47. The Morgan fingerprint density at radius 3 is 3.11 bits per heavy atom. The van der Waals surface area contributed by atoms with Gasteiger partial charge in [0.15, 0.2) is 10.0 Å². The molecule has 0 spiro atoms. The van der Waals surface area contributed by atoms with Gasteiger partial charge < -0.3 is 14.4 Å². The summed E-state index contributed by atoms with van der Waals surface area (Å²) in [5, 5.41) is 1.70. The molecule has 0 radical (unpaired) electrons. The molecule has 27 heavy (non-hydrogen) atoms. The summed E-state index contributed by atoms with van der Waals surface area (Å²) in [6.07, 6.45) is 3.02. The average Bonchev–Trinajstić information content (AvgIpc) is 3.29. The molecule has 0 bridgehead atoms. The number of ether oxygens (including phenoxy) is 2. The van der Waals surface area contributed by atoms with Crippen molar-refractivity contribution in [2.45, 2.75) is 30.1 Å². The van der Waals surface area contributed by atoms with Crippen LogP contribution in [-0.4, -0.2) is 58.3 Å². The van der Waals surface area contributed by atoms with E-state index in [0.717, 1.165) is 10.8 Å². The van der Waals surface area contributed by atoms with E-state index in [9.17, 15) is 9.59 Å². The molecule has 0 unspecified atom stereocenters. The molecule has 144 valence electrons. The molecule has 1 aliphatic rings. The number of hydrogen-bond acceptors (Lipinski definition) is 8. The predicted octanol–water partition coefficient (Wildman–Crippen LogP) is 2.88. The Hall–Kier alpha value is -2.13. The second-order valence-electron chi connectivity index (χ2n) is 5.83. The lowest BCUT2D eigenvalue weighted by Gasteiger charge is -2.24. The van der Waals surface area contributed by atoms with Crippen LogP contribution in [-0.2, 0) is 9.53 Å². The average molecular weight is 408 g/mol. The van der Waals surface area contributed by atoms with Crippen LogP contribution >= 0.6 is 23.1 Å². The topological polar surface area (TPSA) is 81.6 Å². The van der Waals surface area contributed by atoms with E-state index >= 15 is 0 Å². The third-order valence-corrected chi connectivity index (χ3v) is 6.04. The highest BCUT2D eigenvalue weighted by Gasteiger charge is 2.31. The SMILES string of the molecule is CCOC(=O)c1csc(SCCN2C(=O)CC[C@@H]2COc2ccccn2)n1. The number of hydrogen-bond donors (Lipinski definition) is 0. The minimum absolute atomic E-state index is 0.0616. The molecule has 1 saturated heterocycles. The van der Waals surface area contributed by atoms with Gasteiger partial charge in [0.25, 0.3) is 0 Å². The van der Waals surface area contributed by atoms with Crippen LogP contribution in [0.1, 0.15) is 30.3 Å². The van der Waals surface area contributed by atoms with Crippen molar-refractivity contribution in [3.8, 4) is 5.88 Å². The third kappa shape index (κ3) is 5.43. The first-order chi connectivity index (χ1) is 13.2. The Bertz CT molecular complexity index is 769. The van der Waals surface area contributed by atoms with Crippen LogP contribution in [0.4, 0.5) is 0 Å². The number of esters is 1. The molecule has 0 aliphatic carbocycles. The van der Waals surface area contributed by atoms with Crippen LogP contribution in [0, 0.1) is 0 Å². The number of carbonyl (C=O) groups excluding carboxylic acids is 2. The van der Waals surface area contributed by atoms with Gasteiger partial charge in [-0.1, -0.05) is 17.8 Å². The molecule has 0 N–H and O–H groups in total. The molecule has 7 nitrogen and oxygen atoms in total. The summed E-state index contributed by atoms with van der Waals surface area (Å²) in [4.78, 5) is 34.1. The predicted molar refractivity (Wildman–Crippen MR) is 103 cm³/mol. The number of likely N-dealkylation sites (tertiary alicyclic amines) is 1. The highest BCUT2D eigenvalue weighted by atomic mass is 32.2. The third-order valence-electron chi connectivity index (χ3n) is 4.04. The van der Waals surface area contributed by atoms with Crippen molar-refractivity contribution in [2.24, 2.45) is 0 Å². The van der Waals surface area contributed by atoms with Gasteiger partial charge in [0, 0.05) is 36.4 Å². The minimum atomic E-state index is -0.401. The van der Waals surface area contributed by atoms with Crippen molar-refractivity contribution in [2.75, 3.05) is 25.5 Å². The van der Waals surface area contributed by atoms with Gasteiger partial charge >= 0.3 is 5.97 Å². The smallest absolute Gasteiger partial charge is 0.357 e. The number of nitrogens with zero attached hydrogens (tertiary/aromatic N) is 3. The number of aromatic nitrogens is 2. The lowest BCUT2D eigenvalue weighted by molar-refractivity contribution is -0.129. The second-order valence-corrected chi connectivity index (χ2v) is 8.03.